The largest absolute Gasteiger partial charge is 0.417 e. The van der Waals surface area contributed by atoms with Gasteiger partial charge in [-0.2, -0.15) is 13.2 Å². The van der Waals surface area contributed by atoms with E-state index in [0.29, 0.717) is 16.8 Å². The van der Waals surface area contributed by atoms with Crippen LogP contribution in [0.1, 0.15) is 40.9 Å². The van der Waals surface area contributed by atoms with Crippen LogP contribution >= 0.6 is 0 Å². The second-order valence-corrected chi connectivity index (χ2v) is 7.67. The highest BCUT2D eigenvalue weighted by molar-refractivity contribution is 6.10. The minimum Gasteiger partial charge on any atom is -0.386 e. The summed E-state index contributed by atoms with van der Waals surface area (Å²) in [5.74, 6) is -1.24. The van der Waals surface area contributed by atoms with Crippen LogP contribution in [-0.2, 0) is 11.8 Å². The van der Waals surface area contributed by atoms with E-state index in [1.54, 1.807) is 6.07 Å². The van der Waals surface area contributed by atoms with Gasteiger partial charge in [-0.1, -0.05) is 18.2 Å². The molecule has 0 saturated heterocycles. The van der Waals surface area contributed by atoms with E-state index < -0.39 is 34.5 Å². The number of benzene rings is 2. The predicted octanol–water partition coefficient (Wildman–Crippen LogP) is 5.17. The molecule has 0 radical (unpaired) electrons. The van der Waals surface area contributed by atoms with Crippen molar-refractivity contribution in [3.8, 4) is 11.5 Å². The Balaban J connectivity index is 1.72. The molecule has 0 saturated carbocycles. The Bertz CT molecular complexity index is 1300. The number of hydrogen-bond acceptors (Lipinski definition) is 3. The molecule has 0 amide bonds. The molecule has 9 heteroatoms. The number of carbonyl (C=O) groups is 1. The van der Waals surface area contributed by atoms with Gasteiger partial charge in [-0.3, -0.25) is 4.79 Å². The van der Waals surface area contributed by atoms with Crippen LogP contribution in [0.3, 0.4) is 0 Å². The summed E-state index contributed by atoms with van der Waals surface area (Å²) in [5, 5.41) is 10.1. The third kappa shape index (κ3) is 3.84. The first-order valence-electron chi connectivity index (χ1n) is 9.27. The highest BCUT2D eigenvalue weighted by Gasteiger charge is 2.35. The second kappa shape index (κ2) is 7.05. The molecule has 0 aliphatic carbocycles. The fourth-order valence-corrected chi connectivity index (χ4v) is 3.30. The van der Waals surface area contributed by atoms with Crippen molar-refractivity contribution < 1.29 is 27.5 Å². The molecule has 0 aliphatic rings. The number of fused-ring (bicyclic) bond motifs is 1. The van der Waals surface area contributed by atoms with Crippen LogP contribution < -0.4 is 0 Å². The number of nitrogens with zero attached hydrogens (tertiary/aromatic N) is 1. The third-order valence-corrected chi connectivity index (χ3v) is 4.92. The van der Waals surface area contributed by atoms with E-state index in [-0.39, 0.29) is 16.9 Å². The molecule has 0 aliphatic heterocycles. The lowest BCUT2D eigenvalue weighted by atomic mass is 9.98. The number of halogens is 4. The molecule has 2 heterocycles. The summed E-state index contributed by atoms with van der Waals surface area (Å²) in [6.45, 7) is 3.04. The number of imidazole rings is 1. The number of carbonyl (C=O) groups excluding carboxylic acids is 1. The van der Waals surface area contributed by atoms with Crippen molar-refractivity contribution in [2.24, 2.45) is 0 Å². The minimum atomic E-state index is -4.67. The monoisotopic (exact) mass is 431 g/mol. The third-order valence-electron chi connectivity index (χ3n) is 4.92. The summed E-state index contributed by atoms with van der Waals surface area (Å²) in [4.78, 5) is 22.6. The highest BCUT2D eigenvalue weighted by atomic mass is 19.4. The zero-order chi connectivity index (χ0) is 22.6. The van der Waals surface area contributed by atoms with Crippen molar-refractivity contribution in [2.75, 3.05) is 0 Å². The molecule has 0 atom stereocenters. The number of hydrogen-bond donors (Lipinski definition) is 3. The molecular formula is C22H17F4N3O2. The zero-order valence-electron chi connectivity index (χ0n) is 16.4. The van der Waals surface area contributed by atoms with E-state index in [1.807, 2.05) is 0 Å². The van der Waals surface area contributed by atoms with Crippen LogP contribution in [0.2, 0.25) is 0 Å². The lowest BCUT2D eigenvalue weighted by Crippen LogP contribution is -2.15. The van der Waals surface area contributed by atoms with E-state index in [4.69, 9.17) is 0 Å². The van der Waals surface area contributed by atoms with Crippen LogP contribution in [0.4, 0.5) is 17.6 Å². The number of alkyl halides is 3. The Kier molecular flexibility index (Phi) is 4.73. The van der Waals surface area contributed by atoms with Crippen molar-refractivity contribution in [1.82, 2.24) is 15.0 Å². The Morgan fingerprint density at radius 2 is 1.81 bits per heavy atom. The number of H-pyrrole nitrogens is 2. The summed E-state index contributed by atoms with van der Waals surface area (Å²) in [6.07, 6.45) is -3.39. The number of rotatable bonds is 4. The van der Waals surface area contributed by atoms with Crippen molar-refractivity contribution >= 4 is 16.8 Å². The van der Waals surface area contributed by atoms with Crippen molar-refractivity contribution in [2.45, 2.75) is 25.6 Å². The standard InChI is InChI=1S/C22H17F4N3O2/c1-21(2,31)12-8-15(23)18-16(9-12)28-20(29-18)17-7-11(10-27-17)19(30)13-5-3-4-6-14(13)22(24,25)26/h3-10,27,31H,1-2H3,(H,28,29). The van der Waals surface area contributed by atoms with Gasteiger partial charge in [0.1, 0.15) is 5.52 Å². The number of aromatic amines is 2. The predicted molar refractivity (Wildman–Crippen MR) is 106 cm³/mol. The van der Waals surface area contributed by atoms with Gasteiger partial charge in [-0.15, -0.1) is 0 Å². The van der Waals surface area contributed by atoms with E-state index in [1.165, 1.54) is 44.3 Å². The fraction of sp³-hybridized carbons (Fsp3) is 0.182. The van der Waals surface area contributed by atoms with Gasteiger partial charge in [-0.25, -0.2) is 9.37 Å². The summed E-state index contributed by atoms with van der Waals surface area (Å²) < 4.78 is 54.2. The molecule has 3 N–H and O–H groups in total. The molecule has 31 heavy (non-hydrogen) atoms. The molecule has 0 unspecified atom stereocenters. The Hall–Kier alpha value is -3.46. The second-order valence-electron chi connectivity index (χ2n) is 7.67. The fourth-order valence-electron chi connectivity index (χ4n) is 3.30. The molecule has 0 bridgehead atoms. The number of aliphatic hydroxyl groups is 1. The molecule has 2 aromatic carbocycles. The maximum Gasteiger partial charge on any atom is 0.417 e. The van der Waals surface area contributed by atoms with Crippen molar-refractivity contribution in [1.29, 1.82) is 0 Å². The first-order chi connectivity index (χ1) is 14.4. The van der Waals surface area contributed by atoms with Crippen LogP contribution in [0.25, 0.3) is 22.6 Å². The SMILES string of the molecule is CC(C)(O)c1cc(F)c2nc(-c3cc(C(=O)c4ccccc4C(F)(F)F)c[nH]3)[nH]c2c1. The van der Waals surface area contributed by atoms with Gasteiger partial charge in [0, 0.05) is 17.3 Å². The number of ketones is 1. The Morgan fingerprint density at radius 1 is 1.10 bits per heavy atom. The van der Waals surface area contributed by atoms with Gasteiger partial charge in [-0.05, 0) is 43.7 Å². The van der Waals surface area contributed by atoms with Crippen LogP contribution in [-0.4, -0.2) is 25.8 Å². The smallest absolute Gasteiger partial charge is 0.386 e. The normalized spacial score (nSPS) is 12.5. The van der Waals surface area contributed by atoms with E-state index in [9.17, 15) is 27.5 Å². The van der Waals surface area contributed by atoms with Gasteiger partial charge in [0.15, 0.2) is 17.4 Å². The number of aromatic nitrogens is 3. The van der Waals surface area contributed by atoms with Gasteiger partial charge in [0.25, 0.3) is 0 Å². The van der Waals surface area contributed by atoms with Crippen LogP contribution in [0.5, 0.6) is 0 Å². The van der Waals surface area contributed by atoms with Crippen molar-refractivity contribution in [3.63, 3.8) is 0 Å². The molecule has 0 fully saturated rings. The average molecular weight is 431 g/mol. The zero-order valence-corrected chi connectivity index (χ0v) is 16.4. The van der Waals surface area contributed by atoms with E-state index >= 15 is 0 Å². The first kappa shape index (κ1) is 20.8. The first-order valence-corrected chi connectivity index (χ1v) is 9.27. The van der Waals surface area contributed by atoms with Gasteiger partial charge >= 0.3 is 6.18 Å². The van der Waals surface area contributed by atoms with Crippen LogP contribution in [0, 0.1) is 5.82 Å². The maximum atomic E-state index is 14.5. The number of nitrogens with one attached hydrogen (secondary N) is 2. The van der Waals surface area contributed by atoms with Gasteiger partial charge in [0.2, 0.25) is 0 Å². The van der Waals surface area contributed by atoms with Gasteiger partial charge < -0.3 is 15.1 Å². The van der Waals surface area contributed by atoms with Crippen molar-refractivity contribution in [3.05, 3.63) is 76.7 Å². The minimum absolute atomic E-state index is 0.00445. The topological polar surface area (TPSA) is 81.8 Å². The quantitative estimate of drug-likeness (QED) is 0.308. The summed E-state index contributed by atoms with van der Waals surface area (Å²) in [7, 11) is 0. The Labute approximate surface area is 173 Å². The molecule has 5 nitrogen and oxygen atoms in total. The summed E-state index contributed by atoms with van der Waals surface area (Å²) in [6, 6.07) is 8.64. The molecule has 2 aromatic heterocycles. The van der Waals surface area contributed by atoms with Crippen LogP contribution in [0.15, 0.2) is 48.7 Å². The Morgan fingerprint density at radius 3 is 2.48 bits per heavy atom. The maximum absolute atomic E-state index is 14.5. The highest BCUT2D eigenvalue weighted by Crippen LogP contribution is 2.33. The van der Waals surface area contributed by atoms with Gasteiger partial charge in [0.05, 0.1) is 22.4 Å². The molecule has 4 rings (SSSR count). The average Bonchev–Trinajstić information content (AvgIpc) is 3.33. The lowest BCUT2D eigenvalue weighted by Gasteiger charge is -2.17. The lowest BCUT2D eigenvalue weighted by molar-refractivity contribution is -0.137. The molecular weight excluding hydrogens is 414 g/mol. The van der Waals surface area contributed by atoms with E-state index in [2.05, 4.69) is 15.0 Å². The molecule has 4 aromatic rings. The van der Waals surface area contributed by atoms with E-state index in [0.717, 1.165) is 12.1 Å². The summed E-state index contributed by atoms with van der Waals surface area (Å²) >= 11 is 0. The molecule has 160 valence electrons. The molecule has 0 spiro atoms. The summed E-state index contributed by atoms with van der Waals surface area (Å²) in [5.41, 5.74) is -1.74.